The maximum Gasteiger partial charge on any atom is 0.417 e. The van der Waals surface area contributed by atoms with Gasteiger partial charge in [0.2, 0.25) is 10.0 Å². The molecule has 5 rings (SSSR count). The molecule has 1 saturated heterocycles. The van der Waals surface area contributed by atoms with Gasteiger partial charge in [-0.1, -0.05) is 17.7 Å². The van der Waals surface area contributed by atoms with Crippen LogP contribution < -0.4 is 10.5 Å². The van der Waals surface area contributed by atoms with Crippen LogP contribution in [-0.2, 0) is 16.6 Å². The first-order chi connectivity index (χ1) is 16.3. The van der Waals surface area contributed by atoms with Crippen LogP contribution >= 0.6 is 11.6 Å². The summed E-state index contributed by atoms with van der Waals surface area (Å²) < 4.78 is 38.4. The number of aromatic nitrogens is 1. The van der Waals surface area contributed by atoms with E-state index >= 15 is 0 Å². The van der Waals surface area contributed by atoms with Crippen LogP contribution in [0.1, 0.15) is 31.2 Å². The van der Waals surface area contributed by atoms with Gasteiger partial charge in [0.05, 0.1) is 16.5 Å². The molecule has 8 nitrogen and oxygen atoms in total. The third kappa shape index (κ3) is 4.88. The third-order valence-electron chi connectivity index (χ3n) is 6.73. The standard InChI is InChI=1S/C24H28ClN3O5S/c1-27(34(30,31)20-6-7-22-23(13-20)33-24(29)26-22)14-16-10-19(11-16)32-18-5-4-17(21(25)12-18)15-28-8-2-3-9-28/h4-7,12-13,16,19H,2-3,8-11,14-15H2,1H3,(H,26,29). The number of likely N-dealkylation sites (tertiary alicyclic amines) is 1. The zero-order valence-corrected chi connectivity index (χ0v) is 20.6. The third-order valence-corrected chi connectivity index (χ3v) is 8.90. The molecule has 1 saturated carbocycles. The molecule has 0 bridgehead atoms. The average Bonchev–Trinajstić information content (AvgIpc) is 3.41. The normalized spacial score (nSPS) is 21.3. The van der Waals surface area contributed by atoms with Crippen molar-refractivity contribution in [1.29, 1.82) is 0 Å². The highest BCUT2D eigenvalue weighted by Crippen LogP contribution is 2.34. The van der Waals surface area contributed by atoms with Crippen LogP contribution in [0.4, 0.5) is 0 Å². The lowest BCUT2D eigenvalue weighted by atomic mass is 9.82. The molecule has 0 amide bonds. The first kappa shape index (κ1) is 23.4. The van der Waals surface area contributed by atoms with Crippen molar-refractivity contribution < 1.29 is 17.6 Å². The van der Waals surface area contributed by atoms with E-state index in [1.54, 1.807) is 7.05 Å². The van der Waals surface area contributed by atoms with Crippen molar-refractivity contribution in [3.8, 4) is 5.75 Å². The summed E-state index contributed by atoms with van der Waals surface area (Å²) in [4.78, 5) is 16.4. The van der Waals surface area contributed by atoms with Gasteiger partial charge in [0.15, 0.2) is 5.58 Å². The topological polar surface area (TPSA) is 95.9 Å². The van der Waals surface area contributed by atoms with Gasteiger partial charge >= 0.3 is 5.76 Å². The zero-order valence-electron chi connectivity index (χ0n) is 19.0. The predicted octanol–water partition coefficient (Wildman–Crippen LogP) is 3.85. The van der Waals surface area contributed by atoms with Crippen molar-refractivity contribution in [3.63, 3.8) is 0 Å². The lowest BCUT2D eigenvalue weighted by Crippen LogP contribution is -2.41. The van der Waals surface area contributed by atoms with Gasteiger partial charge in [0, 0.05) is 31.2 Å². The molecule has 0 unspecified atom stereocenters. The number of sulfonamides is 1. The smallest absolute Gasteiger partial charge is 0.417 e. The molecule has 1 aliphatic heterocycles. The Labute approximate surface area is 203 Å². The fourth-order valence-corrected chi connectivity index (χ4v) is 6.24. The number of oxazole rings is 1. The fraction of sp³-hybridized carbons (Fsp3) is 0.458. The van der Waals surface area contributed by atoms with Gasteiger partial charge in [-0.05, 0) is 74.5 Å². The maximum absolute atomic E-state index is 13.0. The molecule has 3 aromatic rings. The lowest BCUT2D eigenvalue weighted by Gasteiger charge is -2.37. The molecule has 34 heavy (non-hydrogen) atoms. The van der Waals surface area contributed by atoms with Gasteiger partial charge in [-0.25, -0.2) is 17.5 Å². The van der Waals surface area contributed by atoms with Gasteiger partial charge in [-0.2, -0.15) is 0 Å². The minimum Gasteiger partial charge on any atom is -0.490 e. The SMILES string of the molecule is CN(CC1CC(Oc2ccc(CN3CCCC3)c(Cl)c2)C1)S(=O)(=O)c1ccc2[nH]c(=O)oc2c1. The number of ether oxygens (including phenoxy) is 1. The molecule has 0 radical (unpaired) electrons. The molecule has 2 fully saturated rings. The number of rotatable bonds is 8. The molecule has 0 spiro atoms. The summed E-state index contributed by atoms with van der Waals surface area (Å²) in [5.74, 6) is 0.352. The molecule has 2 aliphatic rings. The van der Waals surface area contributed by atoms with E-state index in [4.69, 9.17) is 20.8 Å². The Hall–Kier alpha value is -2.33. The number of halogens is 1. The average molecular weight is 506 g/mol. The molecule has 1 N–H and O–H groups in total. The van der Waals surface area contributed by atoms with Gasteiger partial charge in [0.25, 0.3) is 0 Å². The van der Waals surface area contributed by atoms with Crippen LogP contribution in [0.5, 0.6) is 5.75 Å². The van der Waals surface area contributed by atoms with E-state index < -0.39 is 15.8 Å². The lowest BCUT2D eigenvalue weighted by molar-refractivity contribution is 0.0575. The first-order valence-corrected chi connectivity index (χ1v) is 13.4. The minimum absolute atomic E-state index is 0.0482. The Morgan fingerprint density at radius 2 is 1.94 bits per heavy atom. The minimum atomic E-state index is -3.69. The van der Waals surface area contributed by atoms with Crippen molar-refractivity contribution in [2.75, 3.05) is 26.7 Å². The van der Waals surface area contributed by atoms with Crippen molar-refractivity contribution in [1.82, 2.24) is 14.2 Å². The molecule has 1 aromatic heterocycles. The Balaban J connectivity index is 1.14. The van der Waals surface area contributed by atoms with Crippen molar-refractivity contribution in [3.05, 3.63) is 57.5 Å². The highest BCUT2D eigenvalue weighted by atomic mass is 35.5. The summed E-state index contributed by atoms with van der Waals surface area (Å²) in [6.07, 6.45) is 4.10. The fourth-order valence-electron chi connectivity index (χ4n) is 4.75. The van der Waals surface area contributed by atoms with E-state index in [-0.39, 0.29) is 22.5 Å². The molecule has 10 heteroatoms. The predicted molar refractivity (Wildman–Crippen MR) is 130 cm³/mol. The van der Waals surface area contributed by atoms with Gasteiger partial charge < -0.3 is 9.15 Å². The van der Waals surface area contributed by atoms with Crippen LogP contribution in [0.15, 0.2) is 50.5 Å². The second kappa shape index (κ2) is 9.37. The quantitative estimate of drug-likeness (QED) is 0.499. The van der Waals surface area contributed by atoms with Crippen molar-refractivity contribution in [2.45, 2.75) is 43.2 Å². The summed E-state index contributed by atoms with van der Waals surface area (Å²) in [5, 5.41) is 0.723. The second-order valence-corrected chi connectivity index (χ2v) is 11.7. The van der Waals surface area contributed by atoms with Gasteiger partial charge in [-0.3, -0.25) is 9.88 Å². The highest BCUT2D eigenvalue weighted by molar-refractivity contribution is 7.89. The number of benzene rings is 2. The van der Waals surface area contributed by atoms with Crippen molar-refractivity contribution >= 4 is 32.7 Å². The van der Waals surface area contributed by atoms with E-state index in [0.29, 0.717) is 12.1 Å². The number of fused-ring (bicyclic) bond motifs is 1. The molecule has 182 valence electrons. The maximum atomic E-state index is 13.0. The number of hydrogen-bond acceptors (Lipinski definition) is 6. The first-order valence-electron chi connectivity index (χ1n) is 11.5. The van der Waals surface area contributed by atoms with E-state index in [2.05, 4.69) is 9.88 Å². The summed E-state index contributed by atoms with van der Waals surface area (Å²) in [7, 11) is -2.12. The Kier molecular flexibility index (Phi) is 6.45. The zero-order chi connectivity index (χ0) is 23.9. The Morgan fingerprint density at radius 1 is 1.18 bits per heavy atom. The molecular formula is C24H28ClN3O5S. The van der Waals surface area contributed by atoms with Crippen LogP contribution in [0.2, 0.25) is 5.02 Å². The Bertz CT molecular complexity index is 1340. The summed E-state index contributed by atoms with van der Waals surface area (Å²) in [6, 6.07) is 10.3. The number of H-pyrrole nitrogens is 1. The van der Waals surface area contributed by atoms with Gasteiger partial charge in [-0.15, -0.1) is 0 Å². The van der Waals surface area contributed by atoms with Crippen LogP contribution in [0, 0.1) is 5.92 Å². The van der Waals surface area contributed by atoms with Crippen LogP contribution in [0.3, 0.4) is 0 Å². The number of nitrogens with one attached hydrogen (secondary N) is 1. The number of hydrogen-bond donors (Lipinski definition) is 1. The number of nitrogens with zero attached hydrogens (tertiary/aromatic N) is 2. The molecule has 2 aromatic carbocycles. The van der Waals surface area contributed by atoms with Crippen LogP contribution in [0.25, 0.3) is 11.1 Å². The molecule has 0 atom stereocenters. The molecule has 2 heterocycles. The molecule has 1 aliphatic carbocycles. The van der Waals surface area contributed by atoms with Crippen LogP contribution in [-0.4, -0.2) is 55.4 Å². The Morgan fingerprint density at radius 3 is 2.68 bits per heavy atom. The highest BCUT2D eigenvalue weighted by Gasteiger charge is 2.34. The monoisotopic (exact) mass is 505 g/mol. The second-order valence-electron chi connectivity index (χ2n) is 9.27. The van der Waals surface area contributed by atoms with E-state index in [1.807, 2.05) is 18.2 Å². The van der Waals surface area contributed by atoms with Crippen molar-refractivity contribution in [2.24, 2.45) is 5.92 Å². The van der Waals surface area contributed by atoms with E-state index in [0.717, 1.165) is 48.8 Å². The van der Waals surface area contributed by atoms with E-state index in [9.17, 15) is 13.2 Å². The number of aromatic amines is 1. The summed E-state index contributed by atoms with van der Waals surface area (Å²) in [6.45, 7) is 3.51. The summed E-state index contributed by atoms with van der Waals surface area (Å²) >= 11 is 6.49. The molecular weight excluding hydrogens is 478 g/mol. The van der Waals surface area contributed by atoms with Gasteiger partial charge in [0.1, 0.15) is 5.75 Å². The largest absolute Gasteiger partial charge is 0.490 e. The summed E-state index contributed by atoms with van der Waals surface area (Å²) in [5.41, 5.74) is 1.81. The van der Waals surface area contributed by atoms with E-state index in [1.165, 1.54) is 35.3 Å².